The lowest BCUT2D eigenvalue weighted by molar-refractivity contribution is 0.253. The van der Waals surface area contributed by atoms with Gasteiger partial charge in [-0.25, -0.2) is 0 Å². The molecule has 20 heavy (non-hydrogen) atoms. The lowest BCUT2D eigenvalue weighted by atomic mass is 9.71. The van der Waals surface area contributed by atoms with Crippen molar-refractivity contribution >= 4 is 16.6 Å². The van der Waals surface area contributed by atoms with E-state index in [1.54, 1.807) is 0 Å². The second-order valence-corrected chi connectivity index (χ2v) is 6.56. The van der Waals surface area contributed by atoms with Gasteiger partial charge in [0.15, 0.2) is 0 Å². The van der Waals surface area contributed by atoms with Gasteiger partial charge in [0.25, 0.3) is 0 Å². The summed E-state index contributed by atoms with van der Waals surface area (Å²) in [5.41, 5.74) is 5.89. The van der Waals surface area contributed by atoms with Crippen molar-refractivity contribution in [2.45, 2.75) is 44.9 Å². The van der Waals surface area contributed by atoms with E-state index in [-0.39, 0.29) is 0 Å². The summed E-state index contributed by atoms with van der Waals surface area (Å²) in [6, 6.07) is 8.54. The number of para-hydroxylation sites is 1. The molecule has 2 heteroatoms. The van der Waals surface area contributed by atoms with Gasteiger partial charge >= 0.3 is 0 Å². The third kappa shape index (κ3) is 1.74. The predicted molar refractivity (Wildman–Crippen MR) is 84.2 cm³/mol. The second kappa shape index (κ2) is 4.47. The average molecular weight is 266 g/mol. The summed E-state index contributed by atoms with van der Waals surface area (Å²) in [7, 11) is 2.05. The maximum atomic E-state index is 4.94. The molecule has 2 aromatic rings. The first-order valence-corrected chi connectivity index (χ1v) is 7.90. The summed E-state index contributed by atoms with van der Waals surface area (Å²) < 4.78 is 0. The highest BCUT2D eigenvalue weighted by Crippen LogP contribution is 2.49. The van der Waals surface area contributed by atoms with Crippen molar-refractivity contribution < 1.29 is 0 Å². The quantitative estimate of drug-likeness (QED) is 0.831. The van der Waals surface area contributed by atoms with Crippen molar-refractivity contribution in [1.29, 1.82) is 0 Å². The lowest BCUT2D eigenvalue weighted by Gasteiger charge is -2.35. The molecule has 0 bridgehead atoms. The van der Waals surface area contributed by atoms with Crippen molar-refractivity contribution in [3.63, 3.8) is 0 Å². The monoisotopic (exact) mass is 266 g/mol. The van der Waals surface area contributed by atoms with Crippen LogP contribution in [-0.2, 0) is 12.8 Å². The van der Waals surface area contributed by atoms with Crippen molar-refractivity contribution in [3.8, 4) is 0 Å². The minimum absolute atomic E-state index is 0.586. The second-order valence-electron chi connectivity index (χ2n) is 6.56. The number of fused-ring (bicyclic) bond motifs is 2. The third-order valence-corrected chi connectivity index (χ3v) is 5.44. The number of aryl methyl sites for hydroxylation is 1. The van der Waals surface area contributed by atoms with Gasteiger partial charge in [0, 0.05) is 23.8 Å². The number of rotatable bonds is 1. The van der Waals surface area contributed by atoms with Gasteiger partial charge in [-0.1, -0.05) is 31.0 Å². The molecule has 0 unspecified atom stereocenters. The maximum Gasteiger partial charge on any atom is 0.0726 e. The van der Waals surface area contributed by atoms with Gasteiger partial charge in [0.2, 0.25) is 0 Å². The Balaban J connectivity index is 1.89. The first-order chi connectivity index (χ1) is 9.81. The van der Waals surface area contributed by atoms with E-state index in [0.29, 0.717) is 5.41 Å². The third-order valence-electron chi connectivity index (χ3n) is 5.44. The molecule has 2 nitrogen and oxygen atoms in total. The Labute approximate surface area is 120 Å². The van der Waals surface area contributed by atoms with Gasteiger partial charge < -0.3 is 5.32 Å². The SMILES string of the molecule is CNc1c2c(nc3ccccc13)CCC1(CCCC1)C2. The molecule has 1 aromatic heterocycles. The molecule has 0 radical (unpaired) electrons. The Bertz CT molecular complexity index is 654. The van der Waals surface area contributed by atoms with Crippen molar-refractivity contribution in [2.24, 2.45) is 5.41 Å². The van der Waals surface area contributed by atoms with Crippen molar-refractivity contribution in [2.75, 3.05) is 12.4 Å². The molecule has 0 aliphatic heterocycles. The minimum atomic E-state index is 0.586. The maximum absolute atomic E-state index is 4.94. The van der Waals surface area contributed by atoms with Crippen LogP contribution in [0, 0.1) is 5.41 Å². The summed E-state index contributed by atoms with van der Waals surface area (Å²) >= 11 is 0. The Morgan fingerprint density at radius 1 is 1.10 bits per heavy atom. The van der Waals surface area contributed by atoms with Crippen LogP contribution < -0.4 is 5.32 Å². The standard InChI is InChI=1S/C18H22N2/c1-19-17-13-6-2-3-7-15(13)20-16-8-11-18(12-14(16)17)9-4-5-10-18/h2-3,6-7H,4-5,8-12H2,1H3,(H,19,20). The highest BCUT2D eigenvalue weighted by atomic mass is 14.9. The zero-order valence-electron chi connectivity index (χ0n) is 12.2. The van der Waals surface area contributed by atoms with E-state index in [1.807, 2.05) is 0 Å². The van der Waals surface area contributed by atoms with E-state index < -0.39 is 0 Å². The minimum Gasteiger partial charge on any atom is -0.387 e. The van der Waals surface area contributed by atoms with Crippen LogP contribution in [0.2, 0.25) is 0 Å². The molecule has 4 rings (SSSR count). The molecule has 1 spiro atoms. The topological polar surface area (TPSA) is 24.9 Å². The molecule has 0 saturated heterocycles. The first-order valence-electron chi connectivity index (χ1n) is 7.90. The van der Waals surface area contributed by atoms with Crippen LogP contribution in [0.15, 0.2) is 24.3 Å². The Kier molecular flexibility index (Phi) is 2.73. The molecule has 1 saturated carbocycles. The molecule has 1 fully saturated rings. The number of anilines is 1. The van der Waals surface area contributed by atoms with Crippen LogP contribution in [0.5, 0.6) is 0 Å². The number of hydrogen-bond acceptors (Lipinski definition) is 2. The van der Waals surface area contributed by atoms with Crippen molar-refractivity contribution in [1.82, 2.24) is 4.98 Å². The number of benzene rings is 1. The summed E-state index contributed by atoms with van der Waals surface area (Å²) in [4.78, 5) is 4.94. The smallest absolute Gasteiger partial charge is 0.0726 e. The summed E-state index contributed by atoms with van der Waals surface area (Å²) in [5, 5.41) is 4.75. The fourth-order valence-electron chi connectivity index (χ4n) is 4.38. The molecule has 104 valence electrons. The van der Waals surface area contributed by atoms with E-state index in [4.69, 9.17) is 4.98 Å². The molecule has 1 N–H and O–H groups in total. The zero-order chi connectivity index (χ0) is 13.6. The highest BCUT2D eigenvalue weighted by molar-refractivity contribution is 5.93. The average Bonchev–Trinajstić information content (AvgIpc) is 2.93. The fraction of sp³-hybridized carbons (Fsp3) is 0.500. The van der Waals surface area contributed by atoms with E-state index in [0.717, 1.165) is 11.9 Å². The normalized spacial score (nSPS) is 20.2. The van der Waals surface area contributed by atoms with Gasteiger partial charge in [0.1, 0.15) is 0 Å². The fourth-order valence-corrected chi connectivity index (χ4v) is 4.38. The largest absolute Gasteiger partial charge is 0.387 e. The van der Waals surface area contributed by atoms with Crippen LogP contribution in [0.25, 0.3) is 10.9 Å². The van der Waals surface area contributed by atoms with Crippen LogP contribution in [0.1, 0.15) is 43.4 Å². The number of hydrogen-bond donors (Lipinski definition) is 1. The molecule has 1 heterocycles. The van der Waals surface area contributed by atoms with E-state index in [1.165, 1.54) is 60.9 Å². The van der Waals surface area contributed by atoms with Gasteiger partial charge in [-0.05, 0) is 49.1 Å². The zero-order valence-corrected chi connectivity index (χ0v) is 12.2. The molecular weight excluding hydrogens is 244 g/mol. The predicted octanol–water partition coefficient (Wildman–Crippen LogP) is 4.33. The Hall–Kier alpha value is -1.57. The molecule has 1 aromatic carbocycles. The van der Waals surface area contributed by atoms with Gasteiger partial charge in [0.05, 0.1) is 5.52 Å². The van der Waals surface area contributed by atoms with E-state index in [2.05, 4.69) is 36.6 Å². The Morgan fingerprint density at radius 3 is 2.70 bits per heavy atom. The number of nitrogens with zero attached hydrogens (tertiary/aromatic N) is 1. The van der Waals surface area contributed by atoms with Gasteiger partial charge in [-0.15, -0.1) is 0 Å². The van der Waals surface area contributed by atoms with E-state index in [9.17, 15) is 0 Å². The van der Waals surface area contributed by atoms with Gasteiger partial charge in [-0.3, -0.25) is 4.98 Å². The van der Waals surface area contributed by atoms with Crippen LogP contribution in [-0.4, -0.2) is 12.0 Å². The van der Waals surface area contributed by atoms with E-state index >= 15 is 0 Å². The lowest BCUT2D eigenvalue weighted by Crippen LogP contribution is -2.27. The number of nitrogens with one attached hydrogen (secondary N) is 1. The van der Waals surface area contributed by atoms with Crippen LogP contribution >= 0.6 is 0 Å². The first kappa shape index (κ1) is 12.2. The molecule has 0 atom stereocenters. The van der Waals surface area contributed by atoms with Gasteiger partial charge in [-0.2, -0.15) is 0 Å². The number of pyridine rings is 1. The Morgan fingerprint density at radius 2 is 1.90 bits per heavy atom. The summed E-state index contributed by atoms with van der Waals surface area (Å²) in [6.45, 7) is 0. The molecule has 2 aliphatic rings. The molecular formula is C18H22N2. The molecule has 0 amide bonds. The highest BCUT2D eigenvalue weighted by Gasteiger charge is 2.38. The summed E-state index contributed by atoms with van der Waals surface area (Å²) in [6.07, 6.45) is 9.42. The van der Waals surface area contributed by atoms with Crippen LogP contribution in [0.3, 0.4) is 0 Å². The van der Waals surface area contributed by atoms with Crippen LogP contribution in [0.4, 0.5) is 5.69 Å². The van der Waals surface area contributed by atoms with Crippen molar-refractivity contribution in [3.05, 3.63) is 35.5 Å². The number of aromatic nitrogens is 1. The summed E-state index contributed by atoms with van der Waals surface area (Å²) in [5.74, 6) is 0. The molecule has 2 aliphatic carbocycles.